The number of amides is 2. The molecule has 1 rings (SSSR count). The van der Waals surface area contributed by atoms with E-state index in [0.717, 1.165) is 13.1 Å². The molecule has 1 heterocycles. The monoisotopic (exact) mass is 288 g/mol. The first-order valence-electron chi connectivity index (χ1n) is 6.77. The van der Waals surface area contributed by atoms with E-state index in [0.29, 0.717) is 17.0 Å². The predicted octanol–water partition coefficient (Wildman–Crippen LogP) is 2.12. The minimum Gasteiger partial charge on any atom is -0.481 e. The number of urea groups is 1. The van der Waals surface area contributed by atoms with Crippen LogP contribution in [-0.4, -0.2) is 63.1 Å². The normalized spacial score (nSPS) is 24.9. The summed E-state index contributed by atoms with van der Waals surface area (Å²) in [5.74, 6) is -0.866. The van der Waals surface area contributed by atoms with Crippen molar-refractivity contribution in [1.82, 2.24) is 9.80 Å². The highest BCUT2D eigenvalue weighted by Gasteiger charge is 2.30. The summed E-state index contributed by atoms with van der Waals surface area (Å²) < 4.78 is 0. The molecular formula is C13H24N2O3S. The smallest absolute Gasteiger partial charge is 0.320 e. The first-order chi connectivity index (χ1) is 8.85. The third-order valence-corrected chi connectivity index (χ3v) is 4.51. The summed E-state index contributed by atoms with van der Waals surface area (Å²) in [6, 6.07) is -0.301. The van der Waals surface area contributed by atoms with Gasteiger partial charge in [-0.25, -0.2) is 4.79 Å². The molecular weight excluding hydrogens is 264 g/mol. The number of hydrogen-bond acceptors (Lipinski definition) is 3. The lowest BCUT2D eigenvalue weighted by Crippen LogP contribution is -2.52. The molecule has 0 aromatic rings. The summed E-state index contributed by atoms with van der Waals surface area (Å²) in [5.41, 5.74) is 0. The fourth-order valence-electron chi connectivity index (χ4n) is 2.51. The maximum Gasteiger partial charge on any atom is 0.320 e. The number of hydrogen-bond donors (Lipinski definition) is 1. The molecule has 0 aromatic carbocycles. The van der Waals surface area contributed by atoms with E-state index in [1.54, 1.807) is 11.8 Å². The van der Waals surface area contributed by atoms with Crippen LogP contribution in [0.1, 0.15) is 34.1 Å². The highest BCUT2D eigenvalue weighted by Crippen LogP contribution is 2.25. The van der Waals surface area contributed by atoms with E-state index in [9.17, 15) is 9.59 Å². The van der Waals surface area contributed by atoms with Crippen LogP contribution in [-0.2, 0) is 4.79 Å². The van der Waals surface area contributed by atoms with Crippen molar-refractivity contribution in [3.8, 4) is 0 Å². The van der Waals surface area contributed by atoms with Crippen molar-refractivity contribution in [3.63, 3.8) is 0 Å². The second kappa shape index (κ2) is 7.03. The van der Waals surface area contributed by atoms with Crippen molar-refractivity contribution < 1.29 is 14.7 Å². The van der Waals surface area contributed by atoms with Crippen molar-refractivity contribution in [2.75, 3.05) is 19.6 Å². The number of nitrogens with zero attached hydrogens (tertiary/aromatic N) is 2. The van der Waals surface area contributed by atoms with E-state index < -0.39 is 5.97 Å². The second-order valence-corrected chi connectivity index (χ2v) is 7.06. The van der Waals surface area contributed by atoms with E-state index in [4.69, 9.17) is 5.11 Å². The Hall–Kier alpha value is -0.910. The number of carboxylic acids is 1. The van der Waals surface area contributed by atoms with Crippen LogP contribution < -0.4 is 0 Å². The Kier molecular flexibility index (Phi) is 5.97. The minimum absolute atomic E-state index is 0.00667. The van der Waals surface area contributed by atoms with Crippen molar-refractivity contribution in [1.29, 1.82) is 0 Å². The standard InChI is InChI=1S/C13H24N2O3S/c1-5-15(9(2)6-12(16)17)13(18)14-7-10(3)19-11(4)8-14/h9-11H,5-8H2,1-4H3,(H,16,17). The topological polar surface area (TPSA) is 60.9 Å². The third-order valence-electron chi connectivity index (χ3n) is 3.28. The number of carboxylic acid groups (broad SMARTS) is 1. The van der Waals surface area contributed by atoms with Crippen molar-refractivity contribution in [2.45, 2.75) is 50.7 Å². The lowest BCUT2D eigenvalue weighted by molar-refractivity contribution is -0.138. The van der Waals surface area contributed by atoms with Crippen LogP contribution in [0.3, 0.4) is 0 Å². The first-order valence-corrected chi connectivity index (χ1v) is 7.72. The van der Waals surface area contributed by atoms with Gasteiger partial charge in [0.2, 0.25) is 0 Å². The van der Waals surface area contributed by atoms with Crippen LogP contribution in [0.5, 0.6) is 0 Å². The molecule has 1 fully saturated rings. The fourth-order valence-corrected chi connectivity index (χ4v) is 3.84. The molecule has 1 saturated heterocycles. The predicted molar refractivity (Wildman–Crippen MR) is 77.6 cm³/mol. The van der Waals surface area contributed by atoms with Gasteiger partial charge in [-0.15, -0.1) is 0 Å². The van der Waals surface area contributed by atoms with Crippen molar-refractivity contribution >= 4 is 23.8 Å². The van der Waals surface area contributed by atoms with Gasteiger partial charge >= 0.3 is 12.0 Å². The van der Waals surface area contributed by atoms with E-state index in [2.05, 4.69) is 13.8 Å². The van der Waals surface area contributed by atoms with E-state index in [1.165, 1.54) is 0 Å². The number of rotatable bonds is 4. The molecule has 6 heteroatoms. The van der Waals surface area contributed by atoms with Gasteiger partial charge in [-0.3, -0.25) is 4.79 Å². The molecule has 3 atom stereocenters. The lowest BCUT2D eigenvalue weighted by atomic mass is 10.2. The van der Waals surface area contributed by atoms with Crippen LogP contribution in [0.2, 0.25) is 0 Å². The number of carbonyl (C=O) groups is 2. The van der Waals surface area contributed by atoms with Crippen LogP contribution in [0.15, 0.2) is 0 Å². The zero-order valence-corrected chi connectivity index (χ0v) is 12.9. The van der Waals surface area contributed by atoms with Crippen LogP contribution in [0.4, 0.5) is 4.79 Å². The maximum absolute atomic E-state index is 12.5. The molecule has 0 aromatic heterocycles. The van der Waals surface area contributed by atoms with E-state index in [1.807, 2.05) is 23.6 Å². The minimum atomic E-state index is -0.866. The Bertz CT molecular complexity index is 328. The van der Waals surface area contributed by atoms with Gasteiger partial charge in [-0.05, 0) is 13.8 Å². The zero-order chi connectivity index (χ0) is 14.6. The van der Waals surface area contributed by atoms with Crippen LogP contribution in [0, 0.1) is 0 Å². The highest BCUT2D eigenvalue weighted by atomic mass is 32.2. The summed E-state index contributed by atoms with van der Waals surface area (Å²) in [4.78, 5) is 26.8. The Morgan fingerprint density at radius 2 is 1.89 bits per heavy atom. The Morgan fingerprint density at radius 1 is 1.37 bits per heavy atom. The first kappa shape index (κ1) is 16.1. The van der Waals surface area contributed by atoms with E-state index >= 15 is 0 Å². The highest BCUT2D eigenvalue weighted by molar-refractivity contribution is 8.00. The zero-order valence-electron chi connectivity index (χ0n) is 12.1. The fraction of sp³-hybridized carbons (Fsp3) is 0.846. The SMILES string of the molecule is CCN(C(=O)N1CC(C)SC(C)C1)C(C)CC(=O)O. The average Bonchev–Trinajstić information content (AvgIpc) is 2.27. The Balaban J connectivity index is 2.69. The van der Waals surface area contributed by atoms with Gasteiger partial charge < -0.3 is 14.9 Å². The molecule has 0 bridgehead atoms. The average molecular weight is 288 g/mol. The largest absolute Gasteiger partial charge is 0.481 e. The third kappa shape index (κ3) is 4.60. The lowest BCUT2D eigenvalue weighted by Gasteiger charge is -2.39. The summed E-state index contributed by atoms with van der Waals surface area (Å²) >= 11 is 1.89. The summed E-state index contributed by atoms with van der Waals surface area (Å²) in [5, 5.41) is 9.71. The van der Waals surface area contributed by atoms with Gasteiger partial charge in [0, 0.05) is 36.2 Å². The molecule has 1 N–H and O–H groups in total. The molecule has 5 nitrogen and oxygen atoms in total. The molecule has 0 saturated carbocycles. The Labute approximate surface area is 119 Å². The van der Waals surface area contributed by atoms with Gasteiger partial charge in [-0.2, -0.15) is 11.8 Å². The summed E-state index contributed by atoms with van der Waals surface area (Å²) in [6.45, 7) is 9.95. The van der Waals surface area contributed by atoms with Gasteiger partial charge in [-0.1, -0.05) is 13.8 Å². The quantitative estimate of drug-likeness (QED) is 0.861. The molecule has 1 aliphatic heterocycles. The van der Waals surface area contributed by atoms with Gasteiger partial charge in [0.25, 0.3) is 0 Å². The summed E-state index contributed by atoms with van der Waals surface area (Å²) in [7, 11) is 0. The maximum atomic E-state index is 12.5. The Morgan fingerprint density at radius 3 is 2.32 bits per heavy atom. The van der Waals surface area contributed by atoms with Crippen LogP contribution in [0.25, 0.3) is 0 Å². The summed E-state index contributed by atoms with van der Waals surface area (Å²) in [6.07, 6.45) is -0.00667. The number of carbonyl (C=O) groups excluding carboxylic acids is 1. The van der Waals surface area contributed by atoms with Crippen LogP contribution >= 0.6 is 11.8 Å². The molecule has 0 aliphatic carbocycles. The molecule has 110 valence electrons. The molecule has 3 unspecified atom stereocenters. The van der Waals surface area contributed by atoms with Crippen molar-refractivity contribution in [2.24, 2.45) is 0 Å². The van der Waals surface area contributed by atoms with Gasteiger partial charge in [0.15, 0.2) is 0 Å². The number of aliphatic carboxylic acids is 1. The van der Waals surface area contributed by atoms with Gasteiger partial charge in [0.05, 0.1) is 6.42 Å². The van der Waals surface area contributed by atoms with E-state index in [-0.39, 0.29) is 18.5 Å². The molecule has 0 spiro atoms. The van der Waals surface area contributed by atoms with Crippen molar-refractivity contribution in [3.05, 3.63) is 0 Å². The molecule has 0 radical (unpaired) electrons. The molecule has 2 amide bonds. The molecule has 1 aliphatic rings. The van der Waals surface area contributed by atoms with Gasteiger partial charge in [0.1, 0.15) is 0 Å². The molecule has 19 heavy (non-hydrogen) atoms. The second-order valence-electron chi connectivity index (χ2n) is 5.18. The number of thioether (sulfide) groups is 1.